The summed E-state index contributed by atoms with van der Waals surface area (Å²) in [6, 6.07) is 2.00. The second-order valence-corrected chi connectivity index (χ2v) is 3.56. The Morgan fingerprint density at radius 3 is 2.85 bits per heavy atom. The fourth-order valence-electron chi connectivity index (χ4n) is 1.39. The number of nitrogens with zero attached hydrogens (tertiary/aromatic N) is 2. The second kappa shape index (κ2) is 3.32. The quantitative estimate of drug-likeness (QED) is 0.768. The van der Waals surface area contributed by atoms with Crippen LogP contribution in [0.2, 0.25) is 0 Å². The first kappa shape index (κ1) is 8.48. The average Bonchev–Trinajstić information content (AvgIpc) is 2.85. The monoisotopic (exact) mass is 177 g/mol. The number of anilines is 1. The normalized spacial score (nSPS) is 15.8. The van der Waals surface area contributed by atoms with Crippen LogP contribution < -0.4 is 5.32 Å². The summed E-state index contributed by atoms with van der Waals surface area (Å²) in [5.74, 6) is 2.63. The number of hydrogen-bond donors (Lipinski definition) is 1. The summed E-state index contributed by atoms with van der Waals surface area (Å²) in [6.45, 7) is 5.02. The molecule has 1 fully saturated rings. The summed E-state index contributed by atoms with van der Waals surface area (Å²) in [5.41, 5.74) is 1.06. The van der Waals surface area contributed by atoms with Crippen molar-refractivity contribution in [2.45, 2.75) is 32.6 Å². The molecular weight excluding hydrogens is 162 g/mol. The van der Waals surface area contributed by atoms with E-state index in [4.69, 9.17) is 0 Å². The van der Waals surface area contributed by atoms with Gasteiger partial charge in [0, 0.05) is 24.2 Å². The van der Waals surface area contributed by atoms with Crippen LogP contribution in [0.25, 0.3) is 0 Å². The molecule has 0 bridgehead atoms. The van der Waals surface area contributed by atoms with Crippen LogP contribution in [0.5, 0.6) is 0 Å². The van der Waals surface area contributed by atoms with Crippen LogP contribution in [0, 0.1) is 6.92 Å². The first-order valence-corrected chi connectivity index (χ1v) is 4.89. The smallest absolute Gasteiger partial charge is 0.134 e. The van der Waals surface area contributed by atoms with E-state index < -0.39 is 0 Å². The minimum atomic E-state index is 0.636. The van der Waals surface area contributed by atoms with Crippen molar-refractivity contribution in [3.05, 3.63) is 17.6 Å². The van der Waals surface area contributed by atoms with Crippen LogP contribution in [0.4, 0.5) is 5.82 Å². The molecule has 0 aromatic carbocycles. The van der Waals surface area contributed by atoms with Crippen molar-refractivity contribution in [3.8, 4) is 0 Å². The SMILES string of the molecule is CCNc1cc(C)nc(C2CC2)n1. The summed E-state index contributed by atoms with van der Waals surface area (Å²) in [4.78, 5) is 8.89. The maximum absolute atomic E-state index is 4.46. The highest BCUT2D eigenvalue weighted by molar-refractivity contribution is 5.36. The van der Waals surface area contributed by atoms with Crippen molar-refractivity contribution in [2.24, 2.45) is 0 Å². The third-order valence-corrected chi connectivity index (χ3v) is 2.17. The van der Waals surface area contributed by atoms with E-state index >= 15 is 0 Å². The minimum absolute atomic E-state index is 0.636. The van der Waals surface area contributed by atoms with Gasteiger partial charge in [0.2, 0.25) is 0 Å². The van der Waals surface area contributed by atoms with Crippen LogP contribution in [0.15, 0.2) is 6.07 Å². The molecule has 13 heavy (non-hydrogen) atoms. The molecule has 1 aromatic heterocycles. The molecule has 1 N–H and O–H groups in total. The van der Waals surface area contributed by atoms with E-state index in [0.29, 0.717) is 5.92 Å². The largest absolute Gasteiger partial charge is 0.370 e. The second-order valence-electron chi connectivity index (χ2n) is 3.56. The van der Waals surface area contributed by atoms with Gasteiger partial charge in [-0.25, -0.2) is 9.97 Å². The molecule has 2 rings (SSSR count). The van der Waals surface area contributed by atoms with Gasteiger partial charge < -0.3 is 5.32 Å². The Morgan fingerprint density at radius 1 is 1.46 bits per heavy atom. The molecule has 1 aliphatic rings. The van der Waals surface area contributed by atoms with Gasteiger partial charge in [0.1, 0.15) is 11.6 Å². The zero-order chi connectivity index (χ0) is 9.26. The van der Waals surface area contributed by atoms with Crippen molar-refractivity contribution in [2.75, 3.05) is 11.9 Å². The van der Waals surface area contributed by atoms with Gasteiger partial charge in [-0.1, -0.05) is 0 Å². The lowest BCUT2D eigenvalue weighted by molar-refractivity contribution is 0.904. The first-order valence-electron chi connectivity index (χ1n) is 4.89. The Bertz CT molecular complexity index is 305. The van der Waals surface area contributed by atoms with E-state index in [0.717, 1.165) is 23.9 Å². The predicted octanol–water partition coefficient (Wildman–Crippen LogP) is 2.09. The molecule has 3 heteroatoms. The number of nitrogens with one attached hydrogen (secondary N) is 1. The standard InChI is InChI=1S/C10H15N3/c1-3-11-9-6-7(2)12-10(13-9)8-4-5-8/h6,8H,3-5H2,1-2H3,(H,11,12,13). The van der Waals surface area contributed by atoms with E-state index in [1.807, 2.05) is 13.0 Å². The topological polar surface area (TPSA) is 37.8 Å². The number of hydrogen-bond acceptors (Lipinski definition) is 3. The molecule has 0 unspecified atom stereocenters. The summed E-state index contributed by atoms with van der Waals surface area (Å²) in [6.07, 6.45) is 2.52. The maximum Gasteiger partial charge on any atom is 0.134 e. The van der Waals surface area contributed by atoms with Crippen molar-refractivity contribution in [1.29, 1.82) is 0 Å². The van der Waals surface area contributed by atoms with E-state index in [1.54, 1.807) is 0 Å². The summed E-state index contributed by atoms with van der Waals surface area (Å²) in [5, 5.41) is 3.22. The Hall–Kier alpha value is -1.12. The van der Waals surface area contributed by atoms with Crippen LogP contribution in [-0.4, -0.2) is 16.5 Å². The van der Waals surface area contributed by atoms with Gasteiger partial charge in [-0.3, -0.25) is 0 Å². The summed E-state index contributed by atoms with van der Waals surface area (Å²) >= 11 is 0. The summed E-state index contributed by atoms with van der Waals surface area (Å²) in [7, 11) is 0. The zero-order valence-electron chi connectivity index (χ0n) is 8.17. The van der Waals surface area contributed by atoms with Crippen LogP contribution >= 0.6 is 0 Å². The van der Waals surface area contributed by atoms with Crippen LogP contribution in [0.3, 0.4) is 0 Å². The number of aryl methyl sites for hydroxylation is 1. The van der Waals surface area contributed by atoms with Crippen LogP contribution in [0.1, 0.15) is 37.2 Å². The van der Waals surface area contributed by atoms with Crippen LogP contribution in [-0.2, 0) is 0 Å². The van der Waals surface area contributed by atoms with Gasteiger partial charge in [0.25, 0.3) is 0 Å². The fourth-order valence-corrected chi connectivity index (χ4v) is 1.39. The Morgan fingerprint density at radius 2 is 2.23 bits per heavy atom. The molecule has 70 valence electrons. The summed E-state index contributed by atoms with van der Waals surface area (Å²) < 4.78 is 0. The van der Waals surface area contributed by atoms with Gasteiger partial charge in [-0.15, -0.1) is 0 Å². The molecule has 0 radical (unpaired) electrons. The third-order valence-electron chi connectivity index (χ3n) is 2.17. The lowest BCUT2D eigenvalue weighted by Gasteiger charge is -2.05. The third kappa shape index (κ3) is 1.97. The van der Waals surface area contributed by atoms with E-state index in [1.165, 1.54) is 12.8 Å². The lowest BCUT2D eigenvalue weighted by atomic mass is 10.3. The molecular formula is C10H15N3. The van der Waals surface area contributed by atoms with Gasteiger partial charge in [0.15, 0.2) is 0 Å². The fraction of sp³-hybridized carbons (Fsp3) is 0.600. The highest BCUT2D eigenvalue weighted by Crippen LogP contribution is 2.38. The van der Waals surface area contributed by atoms with Gasteiger partial charge in [0.05, 0.1) is 0 Å². The van der Waals surface area contributed by atoms with E-state index in [-0.39, 0.29) is 0 Å². The lowest BCUT2D eigenvalue weighted by Crippen LogP contribution is -2.03. The molecule has 0 aliphatic heterocycles. The minimum Gasteiger partial charge on any atom is -0.370 e. The first-order chi connectivity index (χ1) is 6.29. The van der Waals surface area contributed by atoms with Gasteiger partial charge >= 0.3 is 0 Å². The zero-order valence-corrected chi connectivity index (χ0v) is 8.17. The van der Waals surface area contributed by atoms with Crippen molar-refractivity contribution in [3.63, 3.8) is 0 Å². The molecule has 1 aromatic rings. The van der Waals surface area contributed by atoms with Crippen molar-refractivity contribution in [1.82, 2.24) is 9.97 Å². The molecule has 1 saturated carbocycles. The Balaban J connectivity index is 2.25. The Labute approximate surface area is 78.6 Å². The highest BCUT2D eigenvalue weighted by atomic mass is 15.0. The molecule has 0 atom stereocenters. The van der Waals surface area contributed by atoms with E-state index in [9.17, 15) is 0 Å². The number of aromatic nitrogens is 2. The van der Waals surface area contributed by atoms with E-state index in [2.05, 4.69) is 22.2 Å². The molecule has 1 aliphatic carbocycles. The Kier molecular flexibility index (Phi) is 2.17. The molecule has 0 amide bonds. The van der Waals surface area contributed by atoms with Gasteiger partial charge in [-0.2, -0.15) is 0 Å². The highest BCUT2D eigenvalue weighted by Gasteiger charge is 2.26. The molecule has 0 saturated heterocycles. The molecule has 1 heterocycles. The molecule has 3 nitrogen and oxygen atoms in total. The van der Waals surface area contributed by atoms with Gasteiger partial charge in [-0.05, 0) is 26.7 Å². The number of rotatable bonds is 3. The van der Waals surface area contributed by atoms with Crippen molar-refractivity contribution >= 4 is 5.82 Å². The van der Waals surface area contributed by atoms with Crippen molar-refractivity contribution < 1.29 is 0 Å². The maximum atomic E-state index is 4.46. The average molecular weight is 177 g/mol. The molecule has 0 spiro atoms. The predicted molar refractivity (Wildman–Crippen MR) is 52.9 cm³/mol.